The summed E-state index contributed by atoms with van der Waals surface area (Å²) >= 11 is 1.22. The van der Waals surface area contributed by atoms with Crippen molar-refractivity contribution in [3.63, 3.8) is 0 Å². The summed E-state index contributed by atoms with van der Waals surface area (Å²) in [5.41, 5.74) is 2.91. The average Bonchev–Trinajstić information content (AvgIpc) is 2.82. The second kappa shape index (κ2) is 7.22. The van der Waals surface area contributed by atoms with Crippen molar-refractivity contribution in [2.45, 2.75) is 32.4 Å². The predicted molar refractivity (Wildman–Crippen MR) is 90.3 cm³/mol. The maximum Gasteiger partial charge on any atom is 0.240 e. The first kappa shape index (κ1) is 16.2. The van der Waals surface area contributed by atoms with Crippen LogP contribution in [-0.2, 0) is 9.59 Å². The monoisotopic (exact) mass is 318 g/mol. The Bertz CT molecular complexity index is 655. The van der Waals surface area contributed by atoms with Gasteiger partial charge in [-0.3, -0.25) is 9.59 Å². The number of hydrogen-bond acceptors (Lipinski definition) is 5. The predicted octanol–water partition coefficient (Wildman–Crippen LogP) is 2.23. The molecule has 1 aliphatic rings. The van der Waals surface area contributed by atoms with Gasteiger partial charge in [-0.05, 0) is 38.0 Å². The number of nitrogens with one attached hydrogen (secondary N) is 2. The molecule has 22 heavy (non-hydrogen) atoms. The molecule has 1 aliphatic heterocycles. The van der Waals surface area contributed by atoms with Gasteiger partial charge < -0.3 is 10.6 Å². The van der Waals surface area contributed by atoms with Gasteiger partial charge in [0.05, 0.1) is 0 Å². The Morgan fingerprint density at radius 1 is 1.45 bits per heavy atom. The summed E-state index contributed by atoms with van der Waals surface area (Å²) in [6.45, 7) is 5.68. The van der Waals surface area contributed by atoms with Gasteiger partial charge in [-0.1, -0.05) is 23.9 Å². The van der Waals surface area contributed by atoms with Crippen LogP contribution in [0.25, 0.3) is 0 Å². The van der Waals surface area contributed by atoms with Gasteiger partial charge in [-0.2, -0.15) is 5.10 Å². The summed E-state index contributed by atoms with van der Waals surface area (Å²) in [5.74, 6) is -0.409. The lowest BCUT2D eigenvalue weighted by Gasteiger charge is -2.11. The summed E-state index contributed by atoms with van der Waals surface area (Å²) in [5, 5.41) is 13.0. The van der Waals surface area contributed by atoms with Gasteiger partial charge in [0.2, 0.25) is 11.8 Å². The molecule has 0 aromatic heterocycles. The molecule has 116 valence electrons. The average molecular weight is 318 g/mol. The zero-order valence-electron chi connectivity index (χ0n) is 12.7. The Kier molecular flexibility index (Phi) is 5.32. The van der Waals surface area contributed by atoms with Gasteiger partial charge >= 0.3 is 0 Å². The summed E-state index contributed by atoms with van der Waals surface area (Å²) in [4.78, 5) is 23.9. The normalized spacial score (nSPS) is 19.7. The number of thioether (sulfide) groups is 1. The van der Waals surface area contributed by atoms with Crippen molar-refractivity contribution in [2.24, 2.45) is 10.2 Å². The molecule has 6 nitrogen and oxygen atoms in total. The Hall–Kier alpha value is -2.15. The molecule has 0 saturated carbocycles. The van der Waals surface area contributed by atoms with Crippen molar-refractivity contribution < 1.29 is 9.59 Å². The van der Waals surface area contributed by atoms with Crippen LogP contribution in [0.5, 0.6) is 0 Å². The standard InChI is InChI=1S/C15H18N4O2S/c1-4-16-19-15-18-14(21)12(22-15)8-13(20)17-11-7-5-6-9(2)10(11)3/h4-7,12H,8H2,1-3H3,(H,17,20)(H,18,19,21)/b16-4+. The van der Waals surface area contributed by atoms with Gasteiger partial charge in [0.15, 0.2) is 5.17 Å². The van der Waals surface area contributed by atoms with E-state index in [1.807, 2.05) is 32.0 Å². The molecule has 2 rings (SSSR count). The van der Waals surface area contributed by atoms with E-state index < -0.39 is 5.25 Å². The zero-order chi connectivity index (χ0) is 16.1. The maximum absolute atomic E-state index is 12.1. The Balaban J connectivity index is 1.98. The summed E-state index contributed by atoms with van der Waals surface area (Å²) in [6, 6.07) is 5.73. The second-order valence-corrected chi connectivity index (χ2v) is 6.07. The van der Waals surface area contributed by atoms with Crippen molar-refractivity contribution in [3.05, 3.63) is 29.3 Å². The van der Waals surface area contributed by atoms with E-state index >= 15 is 0 Å². The van der Waals surface area contributed by atoms with E-state index in [0.29, 0.717) is 5.17 Å². The molecule has 1 atom stereocenters. The van der Waals surface area contributed by atoms with Gasteiger partial charge in [-0.25, -0.2) is 0 Å². The van der Waals surface area contributed by atoms with Crippen molar-refractivity contribution >= 4 is 40.6 Å². The number of hydrogen-bond donors (Lipinski definition) is 2. The lowest BCUT2D eigenvalue weighted by atomic mass is 10.1. The molecular weight excluding hydrogens is 300 g/mol. The highest BCUT2D eigenvalue weighted by Crippen LogP contribution is 2.24. The van der Waals surface area contributed by atoms with Crippen LogP contribution in [0.3, 0.4) is 0 Å². The van der Waals surface area contributed by atoms with Crippen LogP contribution in [0.15, 0.2) is 28.4 Å². The van der Waals surface area contributed by atoms with Crippen LogP contribution in [0.2, 0.25) is 0 Å². The van der Waals surface area contributed by atoms with E-state index in [4.69, 9.17) is 0 Å². The maximum atomic E-state index is 12.1. The molecule has 1 unspecified atom stereocenters. The van der Waals surface area contributed by atoms with Crippen LogP contribution in [0.1, 0.15) is 24.5 Å². The highest BCUT2D eigenvalue weighted by Gasteiger charge is 2.32. The van der Waals surface area contributed by atoms with Crippen LogP contribution < -0.4 is 10.6 Å². The Morgan fingerprint density at radius 3 is 2.95 bits per heavy atom. The summed E-state index contributed by atoms with van der Waals surface area (Å²) in [7, 11) is 0. The summed E-state index contributed by atoms with van der Waals surface area (Å²) in [6.07, 6.45) is 1.62. The van der Waals surface area contributed by atoms with Crippen molar-refractivity contribution in [3.8, 4) is 0 Å². The Labute approximate surface area is 133 Å². The minimum absolute atomic E-state index is 0.0960. The van der Waals surface area contributed by atoms with E-state index in [2.05, 4.69) is 20.8 Å². The number of nitrogens with zero attached hydrogens (tertiary/aromatic N) is 2. The minimum Gasteiger partial charge on any atom is -0.326 e. The number of anilines is 1. The highest BCUT2D eigenvalue weighted by atomic mass is 32.2. The molecule has 1 fully saturated rings. The number of amidine groups is 1. The van der Waals surface area contributed by atoms with E-state index in [-0.39, 0.29) is 18.2 Å². The molecule has 2 amide bonds. The number of carbonyl (C=O) groups excluding carboxylic acids is 2. The topological polar surface area (TPSA) is 82.9 Å². The van der Waals surface area contributed by atoms with Crippen LogP contribution in [0, 0.1) is 13.8 Å². The molecular formula is C15H18N4O2S. The first-order valence-corrected chi connectivity index (χ1v) is 7.78. The quantitative estimate of drug-likeness (QED) is 0.659. The van der Waals surface area contributed by atoms with Crippen molar-refractivity contribution in [2.75, 3.05) is 5.32 Å². The molecule has 1 aromatic rings. The number of amides is 2. The molecule has 1 aromatic carbocycles. The number of aryl methyl sites for hydroxylation is 1. The third kappa shape index (κ3) is 3.94. The summed E-state index contributed by atoms with van der Waals surface area (Å²) < 4.78 is 0. The molecule has 2 N–H and O–H groups in total. The number of benzene rings is 1. The first-order chi connectivity index (χ1) is 10.5. The molecule has 0 aliphatic carbocycles. The third-order valence-corrected chi connectivity index (χ3v) is 4.36. The van der Waals surface area contributed by atoms with E-state index in [9.17, 15) is 9.59 Å². The number of carbonyl (C=O) groups is 2. The van der Waals surface area contributed by atoms with Crippen LogP contribution >= 0.6 is 11.8 Å². The van der Waals surface area contributed by atoms with Crippen LogP contribution in [-0.4, -0.2) is 28.4 Å². The fraction of sp³-hybridized carbons (Fsp3) is 0.333. The van der Waals surface area contributed by atoms with E-state index in [0.717, 1.165) is 16.8 Å². The SMILES string of the molecule is C/C=N/N=C1/NC(=O)C(CC(=O)Nc2cccc(C)c2C)S1. The van der Waals surface area contributed by atoms with Gasteiger partial charge in [0, 0.05) is 18.3 Å². The van der Waals surface area contributed by atoms with Crippen molar-refractivity contribution in [1.82, 2.24) is 5.32 Å². The van der Waals surface area contributed by atoms with Crippen molar-refractivity contribution in [1.29, 1.82) is 0 Å². The van der Waals surface area contributed by atoms with E-state index in [1.165, 1.54) is 18.0 Å². The molecule has 1 heterocycles. The first-order valence-electron chi connectivity index (χ1n) is 6.90. The minimum atomic E-state index is -0.476. The molecule has 0 bridgehead atoms. The fourth-order valence-corrected chi connectivity index (χ4v) is 2.88. The fourth-order valence-electron chi connectivity index (χ4n) is 1.95. The highest BCUT2D eigenvalue weighted by molar-refractivity contribution is 8.15. The zero-order valence-corrected chi connectivity index (χ0v) is 13.5. The Morgan fingerprint density at radius 2 is 2.23 bits per heavy atom. The second-order valence-electron chi connectivity index (χ2n) is 4.87. The molecule has 1 saturated heterocycles. The molecule has 0 spiro atoms. The third-order valence-electron chi connectivity index (χ3n) is 3.29. The molecule has 0 radical (unpaired) electrons. The lowest BCUT2D eigenvalue weighted by Crippen LogP contribution is -2.28. The van der Waals surface area contributed by atoms with Gasteiger partial charge in [0.1, 0.15) is 5.25 Å². The molecule has 7 heteroatoms. The lowest BCUT2D eigenvalue weighted by molar-refractivity contribution is -0.122. The number of rotatable bonds is 4. The van der Waals surface area contributed by atoms with E-state index in [1.54, 1.807) is 6.92 Å². The van der Waals surface area contributed by atoms with Gasteiger partial charge in [0.25, 0.3) is 0 Å². The largest absolute Gasteiger partial charge is 0.326 e. The smallest absolute Gasteiger partial charge is 0.240 e. The van der Waals surface area contributed by atoms with Gasteiger partial charge in [-0.15, -0.1) is 5.10 Å². The van der Waals surface area contributed by atoms with Crippen LogP contribution in [0.4, 0.5) is 5.69 Å².